The second-order valence-electron chi connectivity index (χ2n) is 10.5. The second-order valence-corrected chi connectivity index (χ2v) is 10.5. The van der Waals surface area contributed by atoms with Crippen LogP contribution in [0.3, 0.4) is 0 Å². The molecule has 4 rings (SSSR count). The minimum absolute atomic E-state index is 0.00851. The Morgan fingerprint density at radius 2 is 1.77 bits per heavy atom. The Bertz CT molecular complexity index is 682. The van der Waals surface area contributed by atoms with Crippen molar-refractivity contribution in [1.82, 2.24) is 15.1 Å². The molecule has 4 fully saturated rings. The minimum Gasteiger partial charge on any atom is -0.451 e. The molecule has 6 nitrogen and oxygen atoms in total. The van der Waals surface area contributed by atoms with E-state index >= 15 is 0 Å². The smallest absolute Gasteiger partial charge is 0.409 e. The number of halogens is 1. The summed E-state index contributed by atoms with van der Waals surface area (Å²) in [7, 11) is 16.4. The lowest BCUT2D eigenvalue weighted by atomic mass is 9.43. The summed E-state index contributed by atoms with van der Waals surface area (Å²) < 4.78 is 18.4. The molecular formula is C21H31B3FN3O3. The third-order valence-electron chi connectivity index (χ3n) is 7.85. The van der Waals surface area contributed by atoms with E-state index in [9.17, 15) is 14.0 Å². The molecule has 0 bridgehead atoms. The van der Waals surface area contributed by atoms with E-state index in [2.05, 4.69) is 10.2 Å². The third-order valence-corrected chi connectivity index (χ3v) is 7.85. The first-order valence-electron chi connectivity index (χ1n) is 11.5. The highest BCUT2D eigenvalue weighted by Crippen LogP contribution is 2.50. The van der Waals surface area contributed by atoms with Crippen LogP contribution in [0.2, 0.25) is 5.11 Å². The Morgan fingerprint density at radius 3 is 2.32 bits per heavy atom. The zero-order valence-electron chi connectivity index (χ0n) is 18.3. The Labute approximate surface area is 188 Å². The van der Waals surface area contributed by atoms with Crippen molar-refractivity contribution >= 4 is 35.5 Å². The Hall–Kier alpha value is -1.18. The van der Waals surface area contributed by atoms with Crippen molar-refractivity contribution in [2.75, 3.05) is 39.5 Å². The van der Waals surface area contributed by atoms with Crippen molar-refractivity contribution in [1.29, 1.82) is 0 Å². The summed E-state index contributed by atoms with van der Waals surface area (Å²) in [6.07, 6.45) is 6.86. The molecule has 2 aliphatic heterocycles. The molecule has 1 spiro atoms. The van der Waals surface area contributed by atoms with Crippen molar-refractivity contribution < 1.29 is 18.7 Å². The molecule has 2 saturated carbocycles. The molecule has 6 radical (unpaired) electrons. The van der Waals surface area contributed by atoms with E-state index in [0.717, 1.165) is 64.5 Å². The van der Waals surface area contributed by atoms with E-state index in [4.69, 9.17) is 28.3 Å². The van der Waals surface area contributed by atoms with Crippen molar-refractivity contribution in [2.45, 2.75) is 68.1 Å². The van der Waals surface area contributed by atoms with E-state index in [1.165, 1.54) is 0 Å². The third kappa shape index (κ3) is 5.09. The molecule has 31 heavy (non-hydrogen) atoms. The van der Waals surface area contributed by atoms with Crippen LogP contribution >= 0.6 is 0 Å². The van der Waals surface area contributed by atoms with Gasteiger partial charge in [0.2, 0.25) is 5.91 Å². The lowest BCUT2D eigenvalue weighted by molar-refractivity contribution is -0.130. The zero-order valence-corrected chi connectivity index (χ0v) is 18.3. The van der Waals surface area contributed by atoms with Gasteiger partial charge in [0.1, 0.15) is 6.67 Å². The van der Waals surface area contributed by atoms with Crippen LogP contribution in [0.4, 0.5) is 9.18 Å². The SMILES string of the molecule is [B]C([B])([B])COC(=O)N1CCC2(CC(N3CCC(C(=O)NC4(CF)CCC4)CC3)C2)C1. The van der Waals surface area contributed by atoms with Crippen molar-refractivity contribution in [3.63, 3.8) is 0 Å². The number of nitrogens with zero attached hydrogens (tertiary/aromatic N) is 2. The van der Waals surface area contributed by atoms with Gasteiger partial charge in [0.25, 0.3) is 0 Å². The molecule has 2 amide bonds. The number of rotatable bonds is 6. The van der Waals surface area contributed by atoms with Crippen LogP contribution in [0, 0.1) is 11.3 Å². The summed E-state index contributed by atoms with van der Waals surface area (Å²) in [5.74, 6) is 0.0225. The molecule has 4 aliphatic rings. The van der Waals surface area contributed by atoms with Gasteiger partial charge in [-0.2, -0.15) is 0 Å². The maximum atomic E-state index is 13.3. The molecule has 0 aromatic rings. The van der Waals surface area contributed by atoms with Crippen LogP contribution in [0.15, 0.2) is 0 Å². The summed E-state index contributed by atoms with van der Waals surface area (Å²) >= 11 is 0. The van der Waals surface area contributed by atoms with Gasteiger partial charge in [-0.15, -0.1) is 0 Å². The molecule has 0 aromatic heterocycles. The van der Waals surface area contributed by atoms with E-state index < -0.39 is 23.4 Å². The molecule has 0 unspecified atom stereocenters. The molecule has 2 heterocycles. The second kappa shape index (κ2) is 8.64. The van der Waals surface area contributed by atoms with E-state index in [1.54, 1.807) is 4.90 Å². The molecule has 1 N–H and O–H groups in total. The van der Waals surface area contributed by atoms with Gasteiger partial charge in [0.05, 0.1) is 35.7 Å². The van der Waals surface area contributed by atoms with Gasteiger partial charge in [-0.3, -0.25) is 4.79 Å². The highest BCUT2D eigenvalue weighted by molar-refractivity contribution is 6.59. The molecular weight excluding hydrogens is 394 g/mol. The number of likely N-dealkylation sites (tertiary alicyclic amines) is 2. The highest BCUT2D eigenvalue weighted by Gasteiger charge is 2.51. The number of ether oxygens (including phenoxy) is 1. The first-order valence-corrected chi connectivity index (χ1v) is 11.5. The first kappa shape index (κ1) is 23.0. The number of amides is 2. The molecule has 0 aromatic carbocycles. The average Bonchev–Trinajstić information content (AvgIpc) is 3.13. The number of carbonyl (C=O) groups excluding carboxylic acids is 2. The lowest BCUT2D eigenvalue weighted by Crippen LogP contribution is -2.58. The van der Waals surface area contributed by atoms with Crippen LogP contribution in [-0.4, -0.2) is 96.4 Å². The minimum atomic E-state index is -1.51. The summed E-state index contributed by atoms with van der Waals surface area (Å²) in [6.45, 7) is 2.50. The van der Waals surface area contributed by atoms with Crippen molar-refractivity contribution in [2.24, 2.45) is 11.3 Å². The van der Waals surface area contributed by atoms with Crippen molar-refractivity contribution in [3.8, 4) is 0 Å². The normalized spacial score (nSPS) is 31.1. The highest BCUT2D eigenvalue weighted by atomic mass is 19.1. The van der Waals surface area contributed by atoms with Crippen LogP contribution in [0.5, 0.6) is 0 Å². The van der Waals surface area contributed by atoms with Gasteiger partial charge in [-0.05, 0) is 69.9 Å². The summed E-state index contributed by atoms with van der Waals surface area (Å²) in [5, 5.41) is 1.48. The number of piperidine rings is 1. The van der Waals surface area contributed by atoms with Gasteiger partial charge < -0.3 is 19.9 Å². The number of hydrogen-bond donors (Lipinski definition) is 1. The Balaban J connectivity index is 1.18. The molecule has 0 atom stereocenters. The molecule has 10 heteroatoms. The lowest BCUT2D eigenvalue weighted by Gasteiger charge is -2.51. The number of alkyl halides is 1. The fraction of sp³-hybridized carbons (Fsp3) is 0.905. The van der Waals surface area contributed by atoms with Gasteiger partial charge in [-0.1, -0.05) is 5.11 Å². The summed E-state index contributed by atoms with van der Waals surface area (Å²) in [4.78, 5) is 29.0. The van der Waals surface area contributed by atoms with Gasteiger partial charge in [0, 0.05) is 25.0 Å². The standard InChI is InChI=1S/C21H31B3FN3O3/c22-21(23,24)14-31-18(30)28-9-6-19(13-28)10-16(11-19)27-7-2-15(3-8-27)17(29)26-20(12-25)4-1-5-20/h15-16H,1-14H2,(H,26,29). The van der Waals surface area contributed by atoms with Gasteiger partial charge in [-0.25, -0.2) is 9.18 Å². The number of nitrogens with one attached hydrogen (secondary N) is 1. The maximum Gasteiger partial charge on any atom is 0.409 e. The molecule has 164 valence electrons. The van der Waals surface area contributed by atoms with Crippen LogP contribution in [0.1, 0.15) is 51.4 Å². The fourth-order valence-electron chi connectivity index (χ4n) is 5.69. The van der Waals surface area contributed by atoms with Crippen LogP contribution < -0.4 is 5.32 Å². The zero-order chi connectivity index (χ0) is 22.3. The maximum absolute atomic E-state index is 13.3. The van der Waals surface area contributed by atoms with Crippen LogP contribution in [0.25, 0.3) is 0 Å². The monoisotopic (exact) mass is 425 g/mol. The fourth-order valence-corrected chi connectivity index (χ4v) is 5.69. The van der Waals surface area contributed by atoms with Gasteiger partial charge >= 0.3 is 6.09 Å². The predicted octanol–water partition coefficient (Wildman–Crippen LogP) is 1.28. The summed E-state index contributed by atoms with van der Waals surface area (Å²) in [5.41, 5.74) is -0.412. The average molecular weight is 425 g/mol. The van der Waals surface area contributed by atoms with Gasteiger partial charge in [0.15, 0.2) is 0 Å². The first-order chi connectivity index (χ1) is 14.6. The largest absolute Gasteiger partial charge is 0.451 e. The number of hydrogen-bond acceptors (Lipinski definition) is 4. The topological polar surface area (TPSA) is 61.9 Å². The predicted molar refractivity (Wildman–Crippen MR) is 118 cm³/mol. The Kier molecular flexibility index (Phi) is 6.41. The quantitative estimate of drug-likeness (QED) is 0.652. The number of carbonyl (C=O) groups is 2. The summed E-state index contributed by atoms with van der Waals surface area (Å²) in [6, 6.07) is 0.508. The van der Waals surface area contributed by atoms with E-state index in [0.29, 0.717) is 19.1 Å². The Morgan fingerprint density at radius 1 is 1.10 bits per heavy atom. The van der Waals surface area contributed by atoms with E-state index in [1.807, 2.05) is 0 Å². The molecule has 2 saturated heterocycles. The van der Waals surface area contributed by atoms with Crippen molar-refractivity contribution in [3.05, 3.63) is 0 Å². The van der Waals surface area contributed by atoms with Crippen LogP contribution in [-0.2, 0) is 9.53 Å². The van der Waals surface area contributed by atoms with E-state index in [-0.39, 0.29) is 23.8 Å². The molecule has 2 aliphatic carbocycles.